The zero-order chi connectivity index (χ0) is 17.5. The monoisotopic (exact) mass is 347 g/mol. The minimum Gasteiger partial charge on any atom is -0.370 e. The second kappa shape index (κ2) is 5.96. The van der Waals surface area contributed by atoms with Crippen LogP contribution >= 0.6 is 0 Å². The number of imidazole rings is 1. The molecule has 5 rings (SSSR count). The second-order valence-corrected chi connectivity index (χ2v) is 6.40. The van der Waals surface area contributed by atoms with Gasteiger partial charge >= 0.3 is 0 Å². The molecule has 1 aliphatic heterocycles. The van der Waals surface area contributed by atoms with Crippen LogP contribution in [-0.2, 0) is 4.74 Å². The number of benzene rings is 1. The van der Waals surface area contributed by atoms with Crippen LogP contribution in [-0.4, -0.2) is 32.1 Å². The number of H-pyrrole nitrogens is 1. The van der Waals surface area contributed by atoms with Crippen LogP contribution in [0.15, 0.2) is 48.8 Å². The second-order valence-electron chi connectivity index (χ2n) is 6.40. The molecule has 1 amide bonds. The van der Waals surface area contributed by atoms with Crippen LogP contribution in [0.4, 0.5) is 5.69 Å². The van der Waals surface area contributed by atoms with E-state index in [1.165, 1.54) is 0 Å². The lowest BCUT2D eigenvalue weighted by molar-refractivity contribution is 0.102. The molecule has 1 saturated heterocycles. The van der Waals surface area contributed by atoms with Crippen molar-refractivity contribution in [2.45, 2.75) is 18.9 Å². The Labute approximate surface area is 149 Å². The van der Waals surface area contributed by atoms with Crippen molar-refractivity contribution in [1.29, 1.82) is 0 Å². The number of nitrogens with one attached hydrogen (secondary N) is 2. The Kier molecular flexibility index (Phi) is 3.46. The fraction of sp³-hybridized carbons (Fsp3) is 0.211. The molecule has 1 atom stereocenters. The summed E-state index contributed by atoms with van der Waals surface area (Å²) in [7, 11) is 0. The van der Waals surface area contributed by atoms with Gasteiger partial charge < -0.3 is 15.0 Å². The standard InChI is InChI=1S/C19H17N5O2/c25-19(13-11-20-24-8-2-1-4-16(13)24)21-12-6-7-14-15(10-12)23-18(22-14)17-5-3-9-26-17/h1-2,4,6-8,10-11,17H,3,5,9H2,(H,21,25)(H,22,23). The SMILES string of the molecule is O=C(Nc1ccc2nc(C3CCCO3)[nH]c2c1)c1cnn2ccccc12. The Hall–Kier alpha value is -3.19. The summed E-state index contributed by atoms with van der Waals surface area (Å²) < 4.78 is 7.36. The van der Waals surface area contributed by atoms with Crippen molar-refractivity contribution >= 4 is 28.1 Å². The summed E-state index contributed by atoms with van der Waals surface area (Å²) in [6.45, 7) is 0.780. The molecule has 1 fully saturated rings. The van der Waals surface area contributed by atoms with Crippen LogP contribution in [0.1, 0.15) is 35.1 Å². The van der Waals surface area contributed by atoms with Crippen LogP contribution in [0.2, 0.25) is 0 Å². The first-order valence-electron chi connectivity index (χ1n) is 8.63. The van der Waals surface area contributed by atoms with Gasteiger partial charge in [0, 0.05) is 18.5 Å². The number of rotatable bonds is 3. The Balaban J connectivity index is 1.42. The van der Waals surface area contributed by atoms with E-state index in [1.807, 2.05) is 42.6 Å². The largest absolute Gasteiger partial charge is 0.370 e. The number of pyridine rings is 1. The average Bonchev–Trinajstić information content (AvgIpc) is 3.39. The van der Waals surface area contributed by atoms with Crippen LogP contribution in [0.3, 0.4) is 0 Å². The van der Waals surface area contributed by atoms with Crippen molar-refractivity contribution < 1.29 is 9.53 Å². The third kappa shape index (κ3) is 2.53. The third-order valence-corrected chi connectivity index (χ3v) is 4.66. The maximum absolute atomic E-state index is 12.6. The Morgan fingerprint density at radius 1 is 1.31 bits per heavy atom. The minimum atomic E-state index is -0.190. The van der Waals surface area contributed by atoms with Crippen molar-refractivity contribution in [3.05, 3.63) is 60.2 Å². The summed E-state index contributed by atoms with van der Waals surface area (Å²) >= 11 is 0. The summed E-state index contributed by atoms with van der Waals surface area (Å²) in [5, 5.41) is 7.14. The van der Waals surface area contributed by atoms with E-state index in [9.17, 15) is 4.79 Å². The van der Waals surface area contributed by atoms with E-state index in [0.29, 0.717) is 11.3 Å². The van der Waals surface area contributed by atoms with Gasteiger partial charge in [0.05, 0.1) is 28.3 Å². The number of anilines is 1. The molecule has 3 aromatic heterocycles. The molecule has 4 heterocycles. The predicted molar refractivity (Wildman–Crippen MR) is 97.2 cm³/mol. The quantitative estimate of drug-likeness (QED) is 0.595. The molecule has 7 nitrogen and oxygen atoms in total. The Morgan fingerprint density at radius 2 is 2.27 bits per heavy atom. The Morgan fingerprint density at radius 3 is 3.15 bits per heavy atom. The molecule has 1 aliphatic rings. The first-order valence-corrected chi connectivity index (χ1v) is 8.63. The van der Waals surface area contributed by atoms with Gasteiger partial charge in [0.15, 0.2) is 0 Å². The fourth-order valence-corrected chi connectivity index (χ4v) is 3.36. The maximum Gasteiger partial charge on any atom is 0.259 e. The number of nitrogens with zero attached hydrogens (tertiary/aromatic N) is 3. The van der Waals surface area contributed by atoms with Gasteiger partial charge in [0.25, 0.3) is 5.91 Å². The average molecular weight is 347 g/mol. The van der Waals surface area contributed by atoms with Gasteiger partial charge in [-0.05, 0) is 43.2 Å². The Bertz CT molecular complexity index is 1110. The molecular formula is C19H17N5O2. The molecule has 4 aromatic rings. The van der Waals surface area contributed by atoms with E-state index < -0.39 is 0 Å². The molecule has 1 unspecified atom stereocenters. The van der Waals surface area contributed by atoms with Crippen LogP contribution < -0.4 is 5.32 Å². The van der Waals surface area contributed by atoms with Crippen LogP contribution in [0, 0.1) is 0 Å². The first-order chi connectivity index (χ1) is 12.8. The number of aromatic amines is 1. The van der Waals surface area contributed by atoms with Gasteiger partial charge in [-0.15, -0.1) is 0 Å². The van der Waals surface area contributed by atoms with Gasteiger partial charge in [-0.1, -0.05) is 6.07 Å². The molecule has 0 radical (unpaired) electrons. The number of hydrogen-bond acceptors (Lipinski definition) is 4. The van der Waals surface area contributed by atoms with Crippen molar-refractivity contribution in [2.24, 2.45) is 0 Å². The minimum absolute atomic E-state index is 0.0409. The van der Waals surface area contributed by atoms with Crippen molar-refractivity contribution in [2.75, 3.05) is 11.9 Å². The highest BCUT2D eigenvalue weighted by Gasteiger charge is 2.21. The fourth-order valence-electron chi connectivity index (χ4n) is 3.36. The summed E-state index contributed by atoms with van der Waals surface area (Å²) in [6.07, 6.45) is 5.48. The van der Waals surface area contributed by atoms with Crippen LogP contribution in [0.25, 0.3) is 16.6 Å². The van der Waals surface area contributed by atoms with Gasteiger partial charge in [0.1, 0.15) is 11.9 Å². The van der Waals surface area contributed by atoms with Crippen molar-refractivity contribution in [3.8, 4) is 0 Å². The van der Waals surface area contributed by atoms with E-state index in [0.717, 1.165) is 41.8 Å². The highest BCUT2D eigenvalue weighted by Crippen LogP contribution is 2.28. The molecular weight excluding hydrogens is 330 g/mol. The topological polar surface area (TPSA) is 84.3 Å². The lowest BCUT2D eigenvalue weighted by atomic mass is 10.2. The van der Waals surface area contributed by atoms with E-state index in [4.69, 9.17) is 4.74 Å². The van der Waals surface area contributed by atoms with Crippen molar-refractivity contribution in [1.82, 2.24) is 19.6 Å². The lowest BCUT2D eigenvalue weighted by Crippen LogP contribution is -2.11. The summed E-state index contributed by atoms with van der Waals surface area (Å²) in [5.41, 5.74) is 3.77. The molecule has 1 aromatic carbocycles. The number of carbonyl (C=O) groups is 1. The maximum atomic E-state index is 12.6. The lowest BCUT2D eigenvalue weighted by Gasteiger charge is -2.04. The van der Waals surface area contributed by atoms with Gasteiger partial charge in [0.2, 0.25) is 0 Å². The van der Waals surface area contributed by atoms with Gasteiger partial charge in [-0.25, -0.2) is 9.50 Å². The number of fused-ring (bicyclic) bond motifs is 2. The highest BCUT2D eigenvalue weighted by molar-refractivity contribution is 6.09. The molecule has 26 heavy (non-hydrogen) atoms. The molecule has 130 valence electrons. The first kappa shape index (κ1) is 15.1. The molecule has 0 aliphatic carbocycles. The number of amides is 1. The normalized spacial score (nSPS) is 17.2. The summed E-state index contributed by atoms with van der Waals surface area (Å²) in [6, 6.07) is 11.3. The van der Waals surface area contributed by atoms with E-state index in [1.54, 1.807) is 10.7 Å². The molecule has 2 N–H and O–H groups in total. The predicted octanol–water partition coefficient (Wildman–Crippen LogP) is 3.31. The van der Waals surface area contributed by atoms with E-state index >= 15 is 0 Å². The van der Waals surface area contributed by atoms with E-state index in [2.05, 4.69) is 20.4 Å². The molecule has 0 saturated carbocycles. The highest BCUT2D eigenvalue weighted by atomic mass is 16.5. The third-order valence-electron chi connectivity index (χ3n) is 4.66. The number of ether oxygens (including phenoxy) is 1. The number of carbonyl (C=O) groups excluding carboxylic acids is 1. The molecule has 0 spiro atoms. The number of hydrogen-bond donors (Lipinski definition) is 2. The van der Waals surface area contributed by atoms with Gasteiger partial charge in [-0.3, -0.25) is 4.79 Å². The summed E-state index contributed by atoms with van der Waals surface area (Å²) in [4.78, 5) is 20.5. The molecule has 0 bridgehead atoms. The zero-order valence-electron chi connectivity index (χ0n) is 14.0. The molecule has 7 heteroatoms. The van der Waals surface area contributed by atoms with Crippen molar-refractivity contribution in [3.63, 3.8) is 0 Å². The van der Waals surface area contributed by atoms with Gasteiger partial charge in [-0.2, -0.15) is 5.10 Å². The number of aromatic nitrogens is 4. The zero-order valence-corrected chi connectivity index (χ0v) is 14.0. The summed E-state index contributed by atoms with van der Waals surface area (Å²) in [5.74, 6) is 0.660. The van der Waals surface area contributed by atoms with Crippen LogP contribution in [0.5, 0.6) is 0 Å². The smallest absolute Gasteiger partial charge is 0.259 e. The van der Waals surface area contributed by atoms with E-state index in [-0.39, 0.29) is 12.0 Å².